The van der Waals surface area contributed by atoms with Crippen molar-refractivity contribution in [2.75, 3.05) is 0 Å². The minimum absolute atomic E-state index is 0.00389. The van der Waals surface area contributed by atoms with Gasteiger partial charge in [-0.2, -0.15) is 0 Å². The van der Waals surface area contributed by atoms with Crippen LogP contribution in [-0.2, 0) is 4.79 Å². The van der Waals surface area contributed by atoms with Gasteiger partial charge in [0, 0.05) is 22.7 Å². The molecule has 1 fully saturated rings. The molecular weight excluding hydrogens is 332 g/mol. The van der Waals surface area contributed by atoms with Crippen molar-refractivity contribution < 1.29 is 14.5 Å². The fourth-order valence-electron chi connectivity index (χ4n) is 2.27. The predicted molar refractivity (Wildman–Crippen MR) is 89.1 cm³/mol. The molecule has 0 aromatic heterocycles. The number of halogens is 1. The summed E-state index contributed by atoms with van der Waals surface area (Å²) in [5.41, 5.74) is 0.350. The van der Waals surface area contributed by atoms with Gasteiger partial charge in [-0.25, -0.2) is 0 Å². The lowest BCUT2D eigenvalue weighted by Crippen LogP contribution is -2.34. The minimum atomic E-state index is -0.966. The third kappa shape index (κ3) is 3.83. The Morgan fingerprint density at radius 2 is 1.96 bits per heavy atom. The highest BCUT2D eigenvalue weighted by molar-refractivity contribution is 6.30. The van der Waals surface area contributed by atoms with Crippen molar-refractivity contribution >= 4 is 23.2 Å². The number of benzene rings is 2. The number of rotatable bonds is 6. The zero-order valence-corrected chi connectivity index (χ0v) is 13.4. The highest BCUT2D eigenvalue weighted by atomic mass is 35.5. The van der Waals surface area contributed by atoms with Crippen molar-refractivity contribution in [3.05, 3.63) is 69.2 Å². The normalized spacial score (nSPS) is 14.7. The molecule has 0 aliphatic heterocycles. The summed E-state index contributed by atoms with van der Waals surface area (Å²) in [4.78, 5) is 23.1. The molecule has 2 aromatic rings. The number of carbonyl (C=O) groups excluding carboxylic acids is 1. The molecule has 1 aliphatic carbocycles. The van der Waals surface area contributed by atoms with Gasteiger partial charge < -0.3 is 10.1 Å². The standard InChI is InChI=1S/C17H15ClN2O4/c18-12-6-9-15(14(10-12)20(22)23)24-16(11-4-2-1-3-5-11)17(21)19-13-7-8-13/h1-6,9-10,13,16H,7-8H2,(H,19,21). The second-order valence-corrected chi connectivity index (χ2v) is 6.00. The van der Waals surface area contributed by atoms with Gasteiger partial charge in [-0.15, -0.1) is 0 Å². The molecule has 1 saturated carbocycles. The summed E-state index contributed by atoms with van der Waals surface area (Å²) in [5.74, 6) is -0.308. The fourth-order valence-corrected chi connectivity index (χ4v) is 2.43. The van der Waals surface area contributed by atoms with Gasteiger partial charge in [0.05, 0.1) is 4.92 Å². The summed E-state index contributed by atoms with van der Waals surface area (Å²) in [6.07, 6.45) is 0.912. The van der Waals surface area contributed by atoms with E-state index in [4.69, 9.17) is 16.3 Å². The lowest BCUT2D eigenvalue weighted by molar-refractivity contribution is -0.386. The maximum atomic E-state index is 12.5. The van der Waals surface area contributed by atoms with Gasteiger partial charge in [0.2, 0.25) is 6.10 Å². The molecule has 1 unspecified atom stereocenters. The first kappa shape index (κ1) is 16.3. The van der Waals surface area contributed by atoms with Crippen LogP contribution < -0.4 is 10.1 Å². The van der Waals surface area contributed by atoms with Crippen LogP contribution in [0.2, 0.25) is 5.02 Å². The molecule has 7 heteroatoms. The molecule has 1 amide bonds. The lowest BCUT2D eigenvalue weighted by atomic mass is 10.1. The Kier molecular flexibility index (Phi) is 4.66. The zero-order chi connectivity index (χ0) is 17.1. The van der Waals surface area contributed by atoms with Crippen molar-refractivity contribution in [2.24, 2.45) is 0 Å². The number of nitro groups is 1. The average Bonchev–Trinajstić information content (AvgIpc) is 3.38. The molecule has 124 valence electrons. The lowest BCUT2D eigenvalue weighted by Gasteiger charge is -2.19. The van der Waals surface area contributed by atoms with E-state index < -0.39 is 11.0 Å². The second kappa shape index (κ2) is 6.88. The van der Waals surface area contributed by atoms with Crippen molar-refractivity contribution in [1.29, 1.82) is 0 Å². The van der Waals surface area contributed by atoms with Crippen molar-refractivity contribution in [1.82, 2.24) is 5.32 Å². The van der Waals surface area contributed by atoms with Crippen LogP contribution in [0.3, 0.4) is 0 Å². The number of hydrogen-bond donors (Lipinski definition) is 1. The van der Waals surface area contributed by atoms with Gasteiger partial charge >= 0.3 is 5.69 Å². The SMILES string of the molecule is O=C(NC1CC1)C(Oc1ccc(Cl)cc1[N+](=O)[O-])c1ccccc1. The number of amides is 1. The molecule has 0 bridgehead atoms. The molecule has 1 aliphatic rings. The quantitative estimate of drug-likeness (QED) is 0.639. The number of carbonyl (C=O) groups is 1. The molecule has 2 aromatic carbocycles. The Morgan fingerprint density at radius 3 is 2.58 bits per heavy atom. The Hall–Kier alpha value is -2.60. The first-order valence-electron chi connectivity index (χ1n) is 7.50. The third-order valence-corrected chi connectivity index (χ3v) is 3.86. The zero-order valence-electron chi connectivity index (χ0n) is 12.6. The highest BCUT2D eigenvalue weighted by Gasteiger charge is 2.31. The number of ether oxygens (including phenoxy) is 1. The van der Waals surface area contributed by atoms with Gasteiger partial charge in [0.1, 0.15) is 0 Å². The molecule has 1 atom stereocenters. The average molecular weight is 347 g/mol. The Labute approximate surface area is 143 Å². The van der Waals surface area contributed by atoms with Crippen molar-refractivity contribution in [3.63, 3.8) is 0 Å². The molecule has 0 saturated heterocycles. The first-order valence-corrected chi connectivity index (χ1v) is 7.88. The maximum Gasteiger partial charge on any atom is 0.312 e. The van der Waals surface area contributed by atoms with E-state index in [1.165, 1.54) is 18.2 Å². The molecule has 3 rings (SSSR count). The molecular formula is C17H15ClN2O4. The summed E-state index contributed by atoms with van der Waals surface area (Å²) in [5, 5.41) is 14.3. The van der Waals surface area contributed by atoms with E-state index in [9.17, 15) is 14.9 Å². The molecule has 0 heterocycles. The summed E-state index contributed by atoms with van der Waals surface area (Å²) in [6, 6.07) is 13.1. The summed E-state index contributed by atoms with van der Waals surface area (Å²) >= 11 is 5.81. The van der Waals surface area contributed by atoms with Crippen LogP contribution in [0, 0.1) is 10.1 Å². The number of nitrogens with zero attached hydrogens (tertiary/aromatic N) is 1. The van der Waals surface area contributed by atoms with E-state index in [0.717, 1.165) is 12.8 Å². The van der Waals surface area contributed by atoms with Crippen LogP contribution in [-0.4, -0.2) is 16.9 Å². The smallest absolute Gasteiger partial charge is 0.312 e. The molecule has 0 radical (unpaired) electrons. The van der Waals surface area contributed by atoms with Gasteiger partial charge in [-0.3, -0.25) is 14.9 Å². The van der Waals surface area contributed by atoms with Gasteiger partial charge in [-0.1, -0.05) is 41.9 Å². The number of nitro benzene ring substituents is 1. The second-order valence-electron chi connectivity index (χ2n) is 5.56. The van der Waals surface area contributed by atoms with Crippen molar-refractivity contribution in [2.45, 2.75) is 25.0 Å². The maximum absolute atomic E-state index is 12.5. The van der Waals surface area contributed by atoms with Gasteiger partial charge in [0.25, 0.3) is 5.91 Å². The first-order chi connectivity index (χ1) is 11.5. The van der Waals surface area contributed by atoms with Gasteiger partial charge in [0.15, 0.2) is 5.75 Å². The topological polar surface area (TPSA) is 81.5 Å². The fraction of sp³-hybridized carbons (Fsp3) is 0.235. The minimum Gasteiger partial charge on any atom is -0.469 e. The van der Waals surface area contributed by atoms with Crippen LogP contribution in [0.15, 0.2) is 48.5 Å². The van der Waals surface area contributed by atoms with Crippen LogP contribution in [0.1, 0.15) is 24.5 Å². The molecule has 24 heavy (non-hydrogen) atoms. The number of nitrogens with one attached hydrogen (secondary N) is 1. The van der Waals surface area contributed by atoms with E-state index in [2.05, 4.69) is 5.32 Å². The van der Waals surface area contributed by atoms with Crippen LogP contribution in [0.4, 0.5) is 5.69 Å². The largest absolute Gasteiger partial charge is 0.469 e. The van der Waals surface area contributed by atoms with Crippen LogP contribution in [0.5, 0.6) is 5.75 Å². The van der Waals surface area contributed by atoms with Crippen molar-refractivity contribution in [3.8, 4) is 5.75 Å². The van der Waals surface area contributed by atoms with Gasteiger partial charge in [-0.05, 0) is 25.0 Å². The molecule has 6 nitrogen and oxygen atoms in total. The summed E-state index contributed by atoms with van der Waals surface area (Å²) < 4.78 is 5.73. The predicted octanol–water partition coefficient (Wildman–Crippen LogP) is 3.65. The monoisotopic (exact) mass is 346 g/mol. The van der Waals surface area contributed by atoms with Crippen LogP contribution >= 0.6 is 11.6 Å². The van der Waals surface area contributed by atoms with E-state index >= 15 is 0 Å². The Bertz CT molecular complexity index is 762. The Morgan fingerprint density at radius 1 is 1.25 bits per heavy atom. The molecule has 1 N–H and O–H groups in total. The molecule has 0 spiro atoms. The summed E-state index contributed by atoms with van der Waals surface area (Å²) in [7, 11) is 0. The highest BCUT2D eigenvalue weighted by Crippen LogP contribution is 2.34. The summed E-state index contributed by atoms with van der Waals surface area (Å²) in [6.45, 7) is 0. The van der Waals surface area contributed by atoms with E-state index in [1.807, 2.05) is 6.07 Å². The Balaban J connectivity index is 1.92. The van der Waals surface area contributed by atoms with E-state index in [1.54, 1.807) is 24.3 Å². The number of hydrogen-bond acceptors (Lipinski definition) is 4. The van der Waals surface area contributed by atoms with Crippen LogP contribution in [0.25, 0.3) is 0 Å². The van der Waals surface area contributed by atoms with E-state index in [0.29, 0.717) is 5.56 Å². The third-order valence-electron chi connectivity index (χ3n) is 3.63. The van der Waals surface area contributed by atoms with E-state index in [-0.39, 0.29) is 28.4 Å².